The summed E-state index contributed by atoms with van der Waals surface area (Å²) in [6.07, 6.45) is 2.52. The maximum Gasteiger partial charge on any atom is 0.124 e. The summed E-state index contributed by atoms with van der Waals surface area (Å²) in [4.78, 5) is 5.67. The van der Waals surface area contributed by atoms with Crippen LogP contribution in [-0.4, -0.2) is 22.7 Å². The lowest BCUT2D eigenvalue weighted by Crippen LogP contribution is -2.23. The van der Waals surface area contributed by atoms with Gasteiger partial charge in [0.25, 0.3) is 0 Å². The molecule has 0 spiro atoms. The van der Waals surface area contributed by atoms with Crippen LogP contribution < -0.4 is 5.32 Å². The van der Waals surface area contributed by atoms with Gasteiger partial charge in [-0.15, -0.1) is 11.3 Å². The number of hydrogen-bond donors (Lipinski definition) is 2. The van der Waals surface area contributed by atoms with Crippen molar-refractivity contribution in [2.24, 2.45) is 5.92 Å². The number of nitrogens with one attached hydrogen (secondary N) is 1. The van der Waals surface area contributed by atoms with Gasteiger partial charge in [0.2, 0.25) is 0 Å². The Hall–Kier alpha value is -0.750. The predicted molar refractivity (Wildman–Crippen MR) is 82.6 cm³/mol. The molecule has 19 heavy (non-hydrogen) atoms. The highest BCUT2D eigenvalue weighted by Crippen LogP contribution is 2.26. The third kappa shape index (κ3) is 4.38. The van der Waals surface area contributed by atoms with Crippen molar-refractivity contribution in [1.29, 1.82) is 0 Å². The van der Waals surface area contributed by atoms with Crippen LogP contribution in [0.25, 0.3) is 10.6 Å². The lowest BCUT2D eigenvalue weighted by atomic mass is 10.0. The van der Waals surface area contributed by atoms with Crippen molar-refractivity contribution < 1.29 is 5.11 Å². The number of hydrogen-bond acceptors (Lipinski definition) is 5. The van der Waals surface area contributed by atoms with Gasteiger partial charge in [-0.1, -0.05) is 13.8 Å². The Balaban J connectivity index is 1.75. The molecule has 0 saturated heterocycles. The van der Waals surface area contributed by atoms with Gasteiger partial charge in [-0.25, -0.2) is 4.98 Å². The monoisotopic (exact) mass is 296 g/mol. The zero-order valence-corrected chi connectivity index (χ0v) is 12.9. The normalized spacial score (nSPS) is 13.1. The van der Waals surface area contributed by atoms with Crippen LogP contribution in [0.2, 0.25) is 0 Å². The maximum absolute atomic E-state index is 9.70. The summed E-state index contributed by atoms with van der Waals surface area (Å²) in [6.45, 7) is 5.75. The fourth-order valence-corrected chi connectivity index (χ4v) is 3.30. The van der Waals surface area contributed by atoms with Crippen LogP contribution in [0.4, 0.5) is 0 Å². The van der Waals surface area contributed by atoms with Gasteiger partial charge in [-0.3, -0.25) is 0 Å². The molecule has 0 aliphatic carbocycles. The smallest absolute Gasteiger partial charge is 0.124 e. The average molecular weight is 296 g/mol. The zero-order valence-electron chi connectivity index (χ0n) is 11.3. The largest absolute Gasteiger partial charge is 0.393 e. The fraction of sp³-hybridized carbons (Fsp3) is 0.500. The van der Waals surface area contributed by atoms with E-state index in [1.807, 2.05) is 20.0 Å². The number of nitrogens with zero attached hydrogens (tertiary/aromatic N) is 1. The van der Waals surface area contributed by atoms with E-state index in [9.17, 15) is 5.11 Å². The molecular formula is C14H20N2OS2. The van der Waals surface area contributed by atoms with Gasteiger partial charge in [0, 0.05) is 28.6 Å². The predicted octanol–water partition coefficient (Wildman–Crippen LogP) is 3.37. The Morgan fingerprint density at radius 3 is 2.95 bits per heavy atom. The van der Waals surface area contributed by atoms with E-state index in [-0.39, 0.29) is 6.10 Å². The molecule has 104 valence electrons. The number of thiophene rings is 1. The van der Waals surface area contributed by atoms with Gasteiger partial charge >= 0.3 is 0 Å². The number of aliphatic hydroxyl groups is 1. The molecule has 3 nitrogen and oxygen atoms in total. The first-order chi connectivity index (χ1) is 9.16. The van der Waals surface area contributed by atoms with E-state index in [0.717, 1.165) is 24.5 Å². The standard InChI is InChI=1S/C14H20N2OS2/c1-10(2)13(17)3-5-15-7-12-8-16-14(19-12)11-4-6-18-9-11/h4,6,8-10,13,15,17H,3,5,7H2,1-2H3. The first-order valence-corrected chi connectivity index (χ1v) is 8.29. The molecule has 0 aliphatic rings. The molecule has 5 heteroatoms. The third-order valence-corrected chi connectivity index (χ3v) is 4.74. The maximum atomic E-state index is 9.70. The molecule has 0 aromatic carbocycles. The first kappa shape index (κ1) is 14.7. The van der Waals surface area contributed by atoms with Crippen molar-refractivity contribution >= 4 is 22.7 Å². The highest BCUT2D eigenvalue weighted by molar-refractivity contribution is 7.15. The minimum Gasteiger partial charge on any atom is -0.393 e. The van der Waals surface area contributed by atoms with Crippen LogP contribution in [0.3, 0.4) is 0 Å². The highest BCUT2D eigenvalue weighted by atomic mass is 32.1. The molecule has 0 bridgehead atoms. The van der Waals surface area contributed by atoms with E-state index >= 15 is 0 Å². The molecule has 0 aliphatic heterocycles. The highest BCUT2D eigenvalue weighted by Gasteiger charge is 2.08. The summed E-state index contributed by atoms with van der Waals surface area (Å²) in [5, 5.41) is 18.3. The Morgan fingerprint density at radius 1 is 1.42 bits per heavy atom. The summed E-state index contributed by atoms with van der Waals surface area (Å²) >= 11 is 3.42. The van der Waals surface area contributed by atoms with E-state index in [1.165, 1.54) is 10.4 Å². The lowest BCUT2D eigenvalue weighted by molar-refractivity contribution is 0.116. The summed E-state index contributed by atoms with van der Waals surface area (Å²) < 4.78 is 0. The Bertz CT molecular complexity index is 479. The van der Waals surface area contributed by atoms with Crippen molar-refractivity contribution in [3.8, 4) is 10.6 Å². The topological polar surface area (TPSA) is 45.1 Å². The summed E-state index contributed by atoms with van der Waals surface area (Å²) in [5.74, 6) is 0.329. The molecule has 0 fully saturated rings. The molecule has 0 amide bonds. The summed E-state index contributed by atoms with van der Waals surface area (Å²) in [7, 11) is 0. The number of aromatic nitrogens is 1. The Kier molecular flexibility index (Phi) is 5.51. The number of aliphatic hydroxyl groups excluding tert-OH is 1. The Labute approximate surface area is 122 Å². The van der Waals surface area contributed by atoms with Gasteiger partial charge < -0.3 is 10.4 Å². The fourth-order valence-electron chi connectivity index (χ4n) is 1.70. The van der Waals surface area contributed by atoms with Gasteiger partial charge in [-0.05, 0) is 30.3 Å². The van der Waals surface area contributed by atoms with Crippen molar-refractivity contribution in [2.45, 2.75) is 32.9 Å². The molecule has 1 atom stereocenters. The molecule has 2 aromatic rings. The van der Waals surface area contributed by atoms with Crippen LogP contribution >= 0.6 is 22.7 Å². The molecule has 0 radical (unpaired) electrons. The molecule has 2 heterocycles. The lowest BCUT2D eigenvalue weighted by Gasteiger charge is -2.14. The van der Waals surface area contributed by atoms with Crippen LogP contribution in [0, 0.1) is 5.92 Å². The second kappa shape index (κ2) is 7.14. The molecule has 2 N–H and O–H groups in total. The molecule has 2 rings (SSSR count). The van der Waals surface area contributed by atoms with Gasteiger partial charge in [0.05, 0.1) is 6.10 Å². The van der Waals surface area contributed by atoms with E-state index in [0.29, 0.717) is 5.92 Å². The van der Waals surface area contributed by atoms with Crippen molar-refractivity contribution in [3.05, 3.63) is 27.9 Å². The first-order valence-electron chi connectivity index (χ1n) is 6.53. The second-order valence-electron chi connectivity index (χ2n) is 4.92. The molecule has 0 saturated carbocycles. The number of thiazole rings is 1. The van der Waals surface area contributed by atoms with Crippen molar-refractivity contribution in [1.82, 2.24) is 10.3 Å². The van der Waals surface area contributed by atoms with Gasteiger partial charge in [0.15, 0.2) is 0 Å². The zero-order chi connectivity index (χ0) is 13.7. The SMILES string of the molecule is CC(C)C(O)CCNCc1cnc(-c2ccsc2)s1. The van der Waals surface area contributed by atoms with Gasteiger partial charge in [0.1, 0.15) is 5.01 Å². The number of rotatable bonds is 7. The van der Waals surface area contributed by atoms with E-state index in [4.69, 9.17) is 0 Å². The van der Waals surface area contributed by atoms with E-state index < -0.39 is 0 Å². The summed E-state index contributed by atoms with van der Waals surface area (Å²) in [6, 6.07) is 2.10. The quantitative estimate of drug-likeness (QED) is 0.770. The molecular weight excluding hydrogens is 276 g/mol. The van der Waals surface area contributed by atoms with Crippen LogP contribution in [0.15, 0.2) is 23.0 Å². The third-order valence-electron chi connectivity index (χ3n) is 3.01. The summed E-state index contributed by atoms with van der Waals surface area (Å²) in [5.41, 5.74) is 1.21. The molecule has 2 aromatic heterocycles. The Morgan fingerprint density at radius 2 is 2.26 bits per heavy atom. The van der Waals surface area contributed by atoms with Crippen molar-refractivity contribution in [2.75, 3.05) is 6.54 Å². The minimum absolute atomic E-state index is 0.213. The second-order valence-corrected chi connectivity index (χ2v) is 6.82. The van der Waals surface area contributed by atoms with Gasteiger partial charge in [-0.2, -0.15) is 11.3 Å². The average Bonchev–Trinajstić information content (AvgIpc) is 3.04. The van der Waals surface area contributed by atoms with E-state index in [2.05, 4.69) is 27.1 Å². The van der Waals surface area contributed by atoms with Crippen molar-refractivity contribution in [3.63, 3.8) is 0 Å². The minimum atomic E-state index is -0.213. The van der Waals surface area contributed by atoms with E-state index in [1.54, 1.807) is 22.7 Å². The molecule has 1 unspecified atom stereocenters. The van der Waals surface area contributed by atoms with Crippen LogP contribution in [-0.2, 0) is 6.54 Å². The van der Waals surface area contributed by atoms with Crippen LogP contribution in [0.1, 0.15) is 25.1 Å². The van der Waals surface area contributed by atoms with Crippen LogP contribution in [0.5, 0.6) is 0 Å².